The lowest BCUT2D eigenvalue weighted by molar-refractivity contribution is 0.0982. The van der Waals surface area contributed by atoms with E-state index in [9.17, 15) is 4.79 Å². The second kappa shape index (κ2) is 8.76. The monoisotopic (exact) mass is 511 g/mol. The summed E-state index contributed by atoms with van der Waals surface area (Å²) in [7, 11) is 0. The third kappa shape index (κ3) is 4.32. The van der Waals surface area contributed by atoms with Crippen molar-refractivity contribution in [3.05, 3.63) is 81.1 Å². The third-order valence-corrected chi connectivity index (χ3v) is 7.14. The predicted molar refractivity (Wildman–Crippen MR) is 140 cm³/mol. The Labute approximate surface area is 208 Å². The number of thiocarbonyl (C=S) groups is 1. The molecule has 5 nitrogen and oxygen atoms in total. The Bertz CT molecular complexity index is 1560. The number of carbonyl (C=O) groups is 1. The molecule has 2 N–H and O–H groups in total. The standard InChI is InChI=1S/C24H15Cl2N3O2S2/c1-12-4-2-3-5-15(12)23-28-17-11-14(7-9-18(17)31-23)27-24(32)29-22(30)21-20(26)16-8-6-13(25)10-19(16)33-21/h2-11H,1H3,(H2,27,29,30,32). The molecule has 0 saturated carbocycles. The van der Waals surface area contributed by atoms with E-state index in [0.717, 1.165) is 21.2 Å². The molecule has 0 radical (unpaired) electrons. The lowest BCUT2D eigenvalue weighted by atomic mass is 10.1. The summed E-state index contributed by atoms with van der Waals surface area (Å²) in [5.74, 6) is 0.162. The number of aryl methyl sites for hydroxylation is 1. The average molecular weight is 512 g/mol. The highest BCUT2D eigenvalue weighted by Crippen LogP contribution is 2.36. The maximum absolute atomic E-state index is 12.8. The van der Waals surface area contributed by atoms with Gasteiger partial charge >= 0.3 is 0 Å². The number of aromatic nitrogens is 1. The van der Waals surface area contributed by atoms with Crippen molar-refractivity contribution in [1.29, 1.82) is 0 Å². The van der Waals surface area contributed by atoms with Gasteiger partial charge < -0.3 is 9.73 Å². The summed E-state index contributed by atoms with van der Waals surface area (Å²) < 4.78 is 6.73. The molecule has 5 rings (SSSR count). The van der Waals surface area contributed by atoms with Crippen molar-refractivity contribution in [2.24, 2.45) is 0 Å². The Morgan fingerprint density at radius 3 is 2.73 bits per heavy atom. The Morgan fingerprint density at radius 1 is 1.09 bits per heavy atom. The Balaban J connectivity index is 1.33. The third-order valence-electron chi connectivity index (χ3n) is 5.05. The van der Waals surface area contributed by atoms with Crippen molar-refractivity contribution in [2.45, 2.75) is 6.92 Å². The van der Waals surface area contributed by atoms with Gasteiger partial charge in [0.15, 0.2) is 10.7 Å². The normalized spacial score (nSPS) is 11.1. The lowest BCUT2D eigenvalue weighted by Gasteiger charge is -2.08. The van der Waals surface area contributed by atoms with E-state index in [-0.39, 0.29) is 11.0 Å². The van der Waals surface area contributed by atoms with Gasteiger partial charge in [-0.05, 0) is 61.1 Å². The number of halogens is 2. The molecule has 0 spiro atoms. The van der Waals surface area contributed by atoms with Crippen LogP contribution in [0, 0.1) is 6.92 Å². The number of nitrogens with one attached hydrogen (secondary N) is 2. The van der Waals surface area contributed by atoms with Gasteiger partial charge in [-0.1, -0.05) is 47.5 Å². The molecule has 1 amide bonds. The molecule has 3 aromatic carbocycles. The van der Waals surface area contributed by atoms with E-state index >= 15 is 0 Å². The van der Waals surface area contributed by atoms with E-state index in [0.29, 0.717) is 37.6 Å². The Morgan fingerprint density at radius 2 is 1.91 bits per heavy atom. The molecule has 0 fully saturated rings. The molecule has 0 unspecified atom stereocenters. The van der Waals surface area contributed by atoms with Crippen LogP contribution in [0.25, 0.3) is 32.6 Å². The summed E-state index contributed by atoms with van der Waals surface area (Å²) in [5, 5.41) is 7.57. The minimum Gasteiger partial charge on any atom is -0.436 e. The zero-order chi connectivity index (χ0) is 23.1. The molecule has 0 aliphatic rings. The van der Waals surface area contributed by atoms with Gasteiger partial charge in [0.2, 0.25) is 5.89 Å². The first-order valence-electron chi connectivity index (χ1n) is 9.85. The van der Waals surface area contributed by atoms with Crippen molar-refractivity contribution in [3.8, 4) is 11.5 Å². The molecule has 9 heteroatoms. The molecule has 0 bridgehead atoms. The van der Waals surface area contributed by atoms with Gasteiger partial charge in [0.05, 0.1) is 5.02 Å². The summed E-state index contributed by atoms with van der Waals surface area (Å²) in [4.78, 5) is 17.7. The minimum absolute atomic E-state index is 0.147. The second-order valence-corrected chi connectivity index (χ2v) is 9.59. The summed E-state index contributed by atoms with van der Waals surface area (Å²) in [6.07, 6.45) is 0. The summed E-state index contributed by atoms with van der Waals surface area (Å²) >= 11 is 19.0. The second-order valence-electron chi connectivity index (χ2n) is 7.31. The van der Waals surface area contributed by atoms with E-state index in [1.807, 2.05) is 49.4 Å². The highest BCUT2D eigenvalue weighted by molar-refractivity contribution is 7.80. The van der Waals surface area contributed by atoms with Crippen molar-refractivity contribution < 1.29 is 9.21 Å². The highest BCUT2D eigenvalue weighted by atomic mass is 35.5. The summed E-state index contributed by atoms with van der Waals surface area (Å²) in [6.45, 7) is 2.01. The first kappa shape index (κ1) is 21.9. The van der Waals surface area contributed by atoms with Crippen molar-refractivity contribution >= 4 is 84.6 Å². The maximum Gasteiger partial charge on any atom is 0.269 e. The number of thiophene rings is 1. The first-order chi connectivity index (χ1) is 15.9. The molecule has 0 atom stereocenters. The van der Waals surface area contributed by atoms with Gasteiger partial charge in [-0.2, -0.15) is 0 Å². The minimum atomic E-state index is -0.390. The zero-order valence-electron chi connectivity index (χ0n) is 17.1. The molecule has 2 aromatic heterocycles. The van der Waals surface area contributed by atoms with Crippen LogP contribution in [0.5, 0.6) is 0 Å². The number of oxazole rings is 1. The van der Waals surface area contributed by atoms with Crippen LogP contribution >= 0.6 is 46.8 Å². The van der Waals surface area contributed by atoms with E-state index in [2.05, 4.69) is 15.6 Å². The quantitative estimate of drug-likeness (QED) is 0.246. The number of nitrogens with zero attached hydrogens (tertiary/aromatic N) is 1. The van der Waals surface area contributed by atoms with E-state index in [1.54, 1.807) is 18.2 Å². The first-order valence-corrected chi connectivity index (χ1v) is 11.8. The van der Waals surface area contributed by atoms with Crippen LogP contribution in [0.1, 0.15) is 15.2 Å². The van der Waals surface area contributed by atoms with Crippen LogP contribution in [-0.4, -0.2) is 16.0 Å². The van der Waals surface area contributed by atoms with E-state index in [4.69, 9.17) is 39.8 Å². The molecular formula is C24H15Cl2N3O2S2. The van der Waals surface area contributed by atoms with Crippen molar-refractivity contribution in [1.82, 2.24) is 10.3 Å². The Kier molecular flexibility index (Phi) is 5.80. The molecule has 2 heterocycles. The fraction of sp³-hybridized carbons (Fsp3) is 0.0417. The Hall–Kier alpha value is -2.97. The zero-order valence-corrected chi connectivity index (χ0v) is 20.3. The van der Waals surface area contributed by atoms with Crippen molar-refractivity contribution in [3.63, 3.8) is 0 Å². The number of fused-ring (bicyclic) bond motifs is 2. The van der Waals surface area contributed by atoms with Crippen LogP contribution in [0.2, 0.25) is 10.0 Å². The maximum atomic E-state index is 12.8. The van der Waals surface area contributed by atoms with E-state index in [1.165, 1.54) is 11.3 Å². The largest absolute Gasteiger partial charge is 0.436 e. The lowest BCUT2D eigenvalue weighted by Crippen LogP contribution is -2.33. The number of benzene rings is 3. The van der Waals surface area contributed by atoms with E-state index < -0.39 is 0 Å². The van der Waals surface area contributed by atoms with Crippen LogP contribution in [0.4, 0.5) is 5.69 Å². The van der Waals surface area contributed by atoms with Crippen LogP contribution in [0.15, 0.2) is 65.1 Å². The fourth-order valence-electron chi connectivity index (χ4n) is 3.44. The molecule has 33 heavy (non-hydrogen) atoms. The predicted octanol–water partition coefficient (Wildman–Crippen LogP) is 7.45. The van der Waals surface area contributed by atoms with Crippen LogP contribution in [-0.2, 0) is 0 Å². The SMILES string of the molecule is Cc1ccccc1-c1nc2cc(NC(=S)NC(=O)c3sc4cc(Cl)ccc4c3Cl)ccc2o1. The fourth-order valence-corrected chi connectivity index (χ4v) is 5.34. The molecule has 0 aliphatic carbocycles. The number of anilines is 1. The number of carbonyl (C=O) groups excluding carboxylic acids is 1. The van der Waals surface area contributed by atoms with Crippen molar-refractivity contribution in [2.75, 3.05) is 5.32 Å². The van der Waals surface area contributed by atoms with Gasteiger partial charge in [-0.15, -0.1) is 11.3 Å². The summed E-state index contributed by atoms with van der Waals surface area (Å²) in [5.41, 5.74) is 4.02. The van der Waals surface area contributed by atoms with Gasteiger partial charge in [-0.3, -0.25) is 10.1 Å². The molecule has 0 aliphatic heterocycles. The summed E-state index contributed by atoms with van der Waals surface area (Å²) in [6, 6.07) is 18.6. The molecular weight excluding hydrogens is 497 g/mol. The number of hydrogen-bond acceptors (Lipinski definition) is 5. The molecule has 5 aromatic rings. The number of rotatable bonds is 3. The van der Waals surface area contributed by atoms with Crippen LogP contribution < -0.4 is 10.6 Å². The number of amides is 1. The molecule has 0 saturated heterocycles. The van der Waals surface area contributed by atoms with Gasteiger partial charge in [0.25, 0.3) is 5.91 Å². The smallest absolute Gasteiger partial charge is 0.269 e. The molecule has 164 valence electrons. The number of hydrogen-bond donors (Lipinski definition) is 2. The topological polar surface area (TPSA) is 67.2 Å². The van der Waals surface area contributed by atoms with Crippen LogP contribution in [0.3, 0.4) is 0 Å². The van der Waals surface area contributed by atoms with Gasteiger partial charge in [-0.25, -0.2) is 4.98 Å². The highest BCUT2D eigenvalue weighted by Gasteiger charge is 2.18. The van der Waals surface area contributed by atoms with Gasteiger partial charge in [0, 0.05) is 26.4 Å². The average Bonchev–Trinajstić information content (AvgIpc) is 3.34. The van der Waals surface area contributed by atoms with Gasteiger partial charge in [0.1, 0.15) is 10.4 Å².